The number of carbonyl (C=O) groups is 1. The molecule has 1 amide bonds. The normalized spacial score (nSPS) is 15.8. The van der Waals surface area contributed by atoms with Gasteiger partial charge in [0.2, 0.25) is 0 Å². The zero-order chi connectivity index (χ0) is 12.3. The van der Waals surface area contributed by atoms with Crippen LogP contribution in [0.15, 0.2) is 18.2 Å². The van der Waals surface area contributed by atoms with Gasteiger partial charge in [0, 0.05) is 6.04 Å². The van der Waals surface area contributed by atoms with Crippen molar-refractivity contribution in [3.05, 3.63) is 23.8 Å². The van der Waals surface area contributed by atoms with Gasteiger partial charge >= 0.3 is 0 Å². The maximum atomic E-state index is 11.2. The van der Waals surface area contributed by atoms with Crippen LogP contribution in [0.3, 0.4) is 0 Å². The Kier molecular flexibility index (Phi) is 3.64. The predicted octanol–water partition coefficient (Wildman–Crippen LogP) is 1.69. The minimum Gasteiger partial charge on any atom is -0.482 e. The van der Waals surface area contributed by atoms with Gasteiger partial charge in [-0.05, 0) is 37.0 Å². The fraction of sp³-hybridized carbons (Fsp3) is 0.462. The zero-order valence-corrected chi connectivity index (χ0v) is 10.0. The van der Waals surface area contributed by atoms with E-state index in [1.54, 1.807) is 0 Å². The Labute approximate surface area is 101 Å². The van der Waals surface area contributed by atoms with Crippen molar-refractivity contribution < 1.29 is 9.53 Å². The third kappa shape index (κ3) is 2.97. The molecular formula is C13H18N2O2. The van der Waals surface area contributed by atoms with E-state index in [1.807, 2.05) is 18.2 Å². The van der Waals surface area contributed by atoms with Crippen molar-refractivity contribution in [2.24, 2.45) is 5.73 Å². The van der Waals surface area contributed by atoms with Crippen LogP contribution in [0, 0.1) is 0 Å². The fourth-order valence-corrected chi connectivity index (χ4v) is 1.84. The summed E-state index contributed by atoms with van der Waals surface area (Å²) in [4.78, 5) is 11.2. The molecule has 0 aliphatic carbocycles. The molecule has 0 saturated carbocycles. The smallest absolute Gasteiger partial charge is 0.262 e. The minimum atomic E-state index is -0.0973. The van der Waals surface area contributed by atoms with Gasteiger partial charge in [0.15, 0.2) is 6.61 Å². The number of aryl methyl sites for hydroxylation is 1. The first-order valence-corrected chi connectivity index (χ1v) is 6.00. The second-order valence-electron chi connectivity index (χ2n) is 4.37. The molecule has 1 aromatic rings. The highest BCUT2D eigenvalue weighted by Crippen LogP contribution is 2.28. The molecule has 1 aliphatic heterocycles. The molecule has 1 aliphatic rings. The van der Waals surface area contributed by atoms with Crippen molar-refractivity contribution >= 4 is 11.6 Å². The molecule has 1 aromatic carbocycles. The van der Waals surface area contributed by atoms with E-state index in [9.17, 15) is 4.79 Å². The summed E-state index contributed by atoms with van der Waals surface area (Å²) in [6.45, 7) is 2.19. The largest absolute Gasteiger partial charge is 0.482 e. The maximum Gasteiger partial charge on any atom is 0.262 e. The molecule has 92 valence electrons. The Hall–Kier alpha value is -1.55. The van der Waals surface area contributed by atoms with Crippen LogP contribution in [0.1, 0.15) is 25.3 Å². The Balaban J connectivity index is 2.05. The lowest BCUT2D eigenvalue weighted by atomic mass is 10.0. The summed E-state index contributed by atoms with van der Waals surface area (Å²) in [7, 11) is 0. The molecular weight excluding hydrogens is 216 g/mol. The van der Waals surface area contributed by atoms with E-state index in [0.29, 0.717) is 0 Å². The molecule has 4 nitrogen and oxygen atoms in total. The van der Waals surface area contributed by atoms with Crippen LogP contribution in [-0.4, -0.2) is 18.6 Å². The summed E-state index contributed by atoms with van der Waals surface area (Å²) in [6.07, 6.45) is 2.88. The monoisotopic (exact) mass is 234 g/mol. The first-order valence-electron chi connectivity index (χ1n) is 6.00. The summed E-state index contributed by atoms with van der Waals surface area (Å²) in [5.74, 6) is 0.646. The van der Waals surface area contributed by atoms with Crippen LogP contribution in [0.25, 0.3) is 0 Å². The zero-order valence-electron chi connectivity index (χ0n) is 10.0. The van der Waals surface area contributed by atoms with Gasteiger partial charge in [-0.1, -0.05) is 13.0 Å². The van der Waals surface area contributed by atoms with Gasteiger partial charge in [-0.15, -0.1) is 0 Å². The van der Waals surface area contributed by atoms with E-state index >= 15 is 0 Å². The Bertz CT molecular complexity index is 418. The SMILES string of the molecule is CCC(N)CCc1ccc2c(c1)NC(=O)CO2. The van der Waals surface area contributed by atoms with Crippen molar-refractivity contribution in [2.45, 2.75) is 32.2 Å². The minimum absolute atomic E-state index is 0.0973. The summed E-state index contributed by atoms with van der Waals surface area (Å²) in [5, 5.41) is 2.81. The Morgan fingerprint density at radius 3 is 3.12 bits per heavy atom. The number of fused-ring (bicyclic) bond motifs is 1. The second-order valence-corrected chi connectivity index (χ2v) is 4.37. The quantitative estimate of drug-likeness (QED) is 0.833. The molecule has 17 heavy (non-hydrogen) atoms. The van der Waals surface area contributed by atoms with Crippen LogP contribution < -0.4 is 15.8 Å². The van der Waals surface area contributed by atoms with Gasteiger partial charge in [-0.25, -0.2) is 0 Å². The van der Waals surface area contributed by atoms with Crippen molar-refractivity contribution in [1.82, 2.24) is 0 Å². The van der Waals surface area contributed by atoms with Gasteiger partial charge in [0.25, 0.3) is 5.91 Å². The number of hydrogen-bond acceptors (Lipinski definition) is 3. The standard InChI is InChI=1S/C13H18N2O2/c1-2-10(14)5-3-9-4-6-12-11(7-9)15-13(16)8-17-12/h4,6-7,10H,2-3,5,8,14H2,1H3,(H,15,16). The molecule has 1 unspecified atom stereocenters. The summed E-state index contributed by atoms with van der Waals surface area (Å²) in [5.41, 5.74) is 7.83. The third-order valence-corrected chi connectivity index (χ3v) is 3.01. The van der Waals surface area contributed by atoms with Crippen LogP contribution >= 0.6 is 0 Å². The van der Waals surface area contributed by atoms with Crippen LogP contribution in [0.5, 0.6) is 5.75 Å². The van der Waals surface area contributed by atoms with E-state index in [2.05, 4.69) is 12.2 Å². The number of rotatable bonds is 4. The fourth-order valence-electron chi connectivity index (χ4n) is 1.84. The lowest BCUT2D eigenvalue weighted by Crippen LogP contribution is -2.25. The number of hydrogen-bond donors (Lipinski definition) is 2. The average molecular weight is 234 g/mol. The molecule has 3 N–H and O–H groups in total. The summed E-state index contributed by atoms with van der Waals surface area (Å²) < 4.78 is 5.30. The molecule has 1 atom stereocenters. The van der Waals surface area contributed by atoms with Crippen molar-refractivity contribution in [1.29, 1.82) is 0 Å². The van der Waals surface area contributed by atoms with E-state index in [4.69, 9.17) is 10.5 Å². The predicted molar refractivity (Wildman–Crippen MR) is 67.2 cm³/mol. The molecule has 0 saturated heterocycles. The molecule has 0 aromatic heterocycles. The molecule has 0 spiro atoms. The van der Waals surface area contributed by atoms with Gasteiger partial charge in [-0.3, -0.25) is 4.79 Å². The van der Waals surface area contributed by atoms with Gasteiger partial charge in [0.1, 0.15) is 5.75 Å². The van der Waals surface area contributed by atoms with Crippen LogP contribution in [0.4, 0.5) is 5.69 Å². The van der Waals surface area contributed by atoms with Crippen LogP contribution in [-0.2, 0) is 11.2 Å². The molecule has 0 fully saturated rings. The molecule has 0 bridgehead atoms. The highest BCUT2D eigenvalue weighted by molar-refractivity contribution is 5.95. The molecule has 0 radical (unpaired) electrons. The van der Waals surface area contributed by atoms with E-state index in [-0.39, 0.29) is 18.6 Å². The van der Waals surface area contributed by atoms with Gasteiger partial charge in [-0.2, -0.15) is 0 Å². The summed E-state index contributed by atoms with van der Waals surface area (Å²) >= 11 is 0. The number of amides is 1. The van der Waals surface area contributed by atoms with Crippen molar-refractivity contribution in [3.8, 4) is 5.75 Å². The highest BCUT2D eigenvalue weighted by Gasteiger charge is 2.15. The van der Waals surface area contributed by atoms with Gasteiger partial charge < -0.3 is 15.8 Å². The van der Waals surface area contributed by atoms with Crippen molar-refractivity contribution in [2.75, 3.05) is 11.9 Å². The maximum absolute atomic E-state index is 11.2. The number of anilines is 1. The Morgan fingerprint density at radius 2 is 2.35 bits per heavy atom. The molecule has 4 heteroatoms. The van der Waals surface area contributed by atoms with E-state index in [0.717, 1.165) is 30.7 Å². The lowest BCUT2D eigenvalue weighted by molar-refractivity contribution is -0.118. The number of carbonyl (C=O) groups excluding carboxylic acids is 1. The number of nitrogens with two attached hydrogens (primary N) is 1. The third-order valence-electron chi connectivity index (χ3n) is 3.01. The average Bonchev–Trinajstić information content (AvgIpc) is 2.35. The van der Waals surface area contributed by atoms with Crippen LogP contribution in [0.2, 0.25) is 0 Å². The topological polar surface area (TPSA) is 64.3 Å². The van der Waals surface area contributed by atoms with E-state index in [1.165, 1.54) is 5.56 Å². The number of ether oxygens (including phenoxy) is 1. The first-order chi connectivity index (χ1) is 8.19. The first kappa shape index (κ1) is 11.9. The highest BCUT2D eigenvalue weighted by atomic mass is 16.5. The second kappa shape index (κ2) is 5.19. The molecule has 1 heterocycles. The van der Waals surface area contributed by atoms with Crippen molar-refractivity contribution in [3.63, 3.8) is 0 Å². The Morgan fingerprint density at radius 1 is 1.53 bits per heavy atom. The number of benzene rings is 1. The van der Waals surface area contributed by atoms with Gasteiger partial charge in [0.05, 0.1) is 5.69 Å². The molecule has 2 rings (SSSR count). The van der Waals surface area contributed by atoms with E-state index < -0.39 is 0 Å². The summed E-state index contributed by atoms with van der Waals surface area (Å²) in [6, 6.07) is 6.14. The number of nitrogens with one attached hydrogen (secondary N) is 1. The lowest BCUT2D eigenvalue weighted by Gasteiger charge is -2.18.